The Hall–Kier alpha value is -2.91. The summed E-state index contributed by atoms with van der Waals surface area (Å²) in [6.45, 7) is 2.16. The van der Waals surface area contributed by atoms with Gasteiger partial charge < -0.3 is 9.84 Å². The summed E-state index contributed by atoms with van der Waals surface area (Å²) in [5, 5.41) is 12.8. The van der Waals surface area contributed by atoms with Crippen LogP contribution in [0.15, 0.2) is 58.7 Å². The van der Waals surface area contributed by atoms with Crippen LogP contribution in [0.3, 0.4) is 0 Å². The van der Waals surface area contributed by atoms with Gasteiger partial charge >= 0.3 is 0 Å². The molecule has 4 rings (SSSR count). The Morgan fingerprint density at radius 2 is 2.09 bits per heavy atom. The molecule has 1 atom stereocenters. The zero-order valence-corrected chi connectivity index (χ0v) is 19.1. The van der Waals surface area contributed by atoms with Gasteiger partial charge in [-0.15, -0.1) is 0 Å². The molecule has 1 N–H and O–H groups in total. The van der Waals surface area contributed by atoms with Crippen LogP contribution in [0, 0.1) is 0 Å². The van der Waals surface area contributed by atoms with Gasteiger partial charge in [-0.2, -0.15) is 5.10 Å². The molecule has 1 unspecified atom stereocenters. The molecule has 0 spiro atoms. The topological polar surface area (TPSA) is 98.7 Å². The highest BCUT2D eigenvalue weighted by atomic mass is 35.5. The maximum Gasteiger partial charge on any atom is 0.239 e. The van der Waals surface area contributed by atoms with Crippen LogP contribution in [-0.2, 0) is 4.79 Å². The number of unbranched alkanes of at least 4 members (excludes halogenated alkanes) is 3. The summed E-state index contributed by atoms with van der Waals surface area (Å²) in [6.07, 6.45) is 9.66. The minimum absolute atomic E-state index is 0.134. The Labute approximate surface area is 194 Å². The number of nitrogens with one attached hydrogen (secondary N) is 1. The molecule has 8 nitrogen and oxygen atoms in total. The normalized spacial score (nSPS) is 12.2. The molecule has 166 valence electrons. The fourth-order valence-corrected chi connectivity index (χ4v) is 4.65. The highest BCUT2D eigenvalue weighted by molar-refractivity contribution is 8.00. The van der Waals surface area contributed by atoms with E-state index in [-0.39, 0.29) is 11.2 Å². The summed E-state index contributed by atoms with van der Waals surface area (Å²) in [5.74, 6) is 0.263. The SMILES string of the molecule is CCCCCCC(Sc1ncnc2c1cnn2-c1ccccc1Cl)C(=O)Nc1ccon1. The minimum Gasteiger partial charge on any atom is -0.363 e. The zero-order chi connectivity index (χ0) is 22.3. The first-order chi connectivity index (χ1) is 15.7. The van der Waals surface area contributed by atoms with Crippen molar-refractivity contribution >= 4 is 46.1 Å². The second-order valence-electron chi connectivity index (χ2n) is 7.25. The average Bonchev–Trinajstić information content (AvgIpc) is 3.46. The number of anilines is 1. The number of aromatic nitrogens is 5. The molecule has 0 fully saturated rings. The van der Waals surface area contributed by atoms with E-state index in [2.05, 4.69) is 32.5 Å². The van der Waals surface area contributed by atoms with Crippen LogP contribution < -0.4 is 5.32 Å². The molecule has 0 bridgehead atoms. The third kappa shape index (κ3) is 5.11. The van der Waals surface area contributed by atoms with Crippen LogP contribution >= 0.6 is 23.4 Å². The average molecular weight is 471 g/mol. The van der Waals surface area contributed by atoms with Gasteiger partial charge in [0.1, 0.15) is 17.6 Å². The van der Waals surface area contributed by atoms with E-state index in [9.17, 15) is 4.79 Å². The Bertz CT molecular complexity index is 1180. The molecule has 10 heteroatoms. The number of benzene rings is 1. The zero-order valence-electron chi connectivity index (χ0n) is 17.6. The van der Waals surface area contributed by atoms with Crippen LogP contribution in [-0.4, -0.2) is 36.1 Å². The van der Waals surface area contributed by atoms with E-state index in [1.807, 2.05) is 24.3 Å². The third-order valence-corrected chi connectivity index (χ3v) is 6.57. The number of rotatable bonds is 10. The van der Waals surface area contributed by atoms with E-state index < -0.39 is 0 Å². The number of para-hydroxylation sites is 1. The van der Waals surface area contributed by atoms with E-state index in [0.29, 0.717) is 21.5 Å². The standard InChI is InChI=1S/C22H23ClN6O2S/c1-2-3-4-5-10-18(21(30)27-19-11-12-31-28-19)32-22-15-13-26-29(20(15)24-14-25-22)17-9-7-6-8-16(17)23/h6-9,11-14,18H,2-5,10H2,1H3,(H,27,28,30). The van der Waals surface area contributed by atoms with Crippen LogP contribution in [0.5, 0.6) is 0 Å². The molecule has 0 aliphatic heterocycles. The summed E-state index contributed by atoms with van der Waals surface area (Å²) < 4.78 is 6.51. The molecule has 1 aromatic carbocycles. The molecule has 0 saturated carbocycles. The molecule has 1 amide bonds. The van der Waals surface area contributed by atoms with Gasteiger partial charge in [0.2, 0.25) is 5.91 Å². The summed E-state index contributed by atoms with van der Waals surface area (Å²) in [5.41, 5.74) is 1.37. The number of carbonyl (C=O) groups excluding carboxylic acids is 1. The van der Waals surface area contributed by atoms with Crippen LogP contribution in [0.2, 0.25) is 5.02 Å². The number of thioether (sulfide) groups is 1. The van der Waals surface area contributed by atoms with Gasteiger partial charge in [0.25, 0.3) is 0 Å². The Balaban J connectivity index is 1.60. The largest absolute Gasteiger partial charge is 0.363 e. The van der Waals surface area contributed by atoms with Crippen molar-refractivity contribution in [2.24, 2.45) is 0 Å². The van der Waals surface area contributed by atoms with Crippen LogP contribution in [0.4, 0.5) is 5.82 Å². The van der Waals surface area contributed by atoms with Gasteiger partial charge in [-0.05, 0) is 18.6 Å². The minimum atomic E-state index is -0.342. The number of halogens is 1. The molecular formula is C22H23ClN6O2S. The van der Waals surface area contributed by atoms with Gasteiger partial charge in [0.05, 0.1) is 27.5 Å². The Morgan fingerprint density at radius 3 is 2.88 bits per heavy atom. The monoisotopic (exact) mass is 470 g/mol. The van der Waals surface area contributed by atoms with Crippen molar-refractivity contribution in [3.8, 4) is 5.69 Å². The molecule has 0 aliphatic rings. The second-order valence-corrected chi connectivity index (χ2v) is 8.85. The van der Waals surface area contributed by atoms with Crippen molar-refractivity contribution in [2.75, 3.05) is 5.32 Å². The highest BCUT2D eigenvalue weighted by Crippen LogP contribution is 2.32. The fraction of sp³-hybridized carbons (Fsp3) is 0.318. The van der Waals surface area contributed by atoms with Crippen LogP contribution in [0.1, 0.15) is 39.0 Å². The summed E-state index contributed by atoms with van der Waals surface area (Å²) in [7, 11) is 0. The summed E-state index contributed by atoms with van der Waals surface area (Å²) >= 11 is 7.77. The van der Waals surface area contributed by atoms with E-state index in [4.69, 9.17) is 16.1 Å². The maximum atomic E-state index is 13.0. The first-order valence-corrected chi connectivity index (χ1v) is 11.7. The molecule has 0 radical (unpaired) electrons. The quantitative estimate of drug-likeness (QED) is 0.185. The van der Waals surface area contributed by atoms with Crippen molar-refractivity contribution in [1.82, 2.24) is 24.9 Å². The Morgan fingerprint density at radius 1 is 1.22 bits per heavy atom. The lowest BCUT2D eigenvalue weighted by Crippen LogP contribution is -2.25. The van der Waals surface area contributed by atoms with Gasteiger partial charge in [-0.25, -0.2) is 14.6 Å². The Kier molecular flexibility index (Phi) is 7.39. The molecule has 0 saturated heterocycles. The molecular weight excluding hydrogens is 448 g/mol. The number of nitrogens with zero attached hydrogens (tertiary/aromatic N) is 5. The van der Waals surface area contributed by atoms with Crippen molar-refractivity contribution in [1.29, 1.82) is 0 Å². The number of carbonyl (C=O) groups is 1. The van der Waals surface area contributed by atoms with Gasteiger partial charge in [0, 0.05) is 6.07 Å². The van der Waals surface area contributed by atoms with E-state index in [1.54, 1.807) is 16.9 Å². The lowest BCUT2D eigenvalue weighted by Gasteiger charge is -2.15. The van der Waals surface area contributed by atoms with Gasteiger partial charge in [-0.1, -0.05) is 73.3 Å². The fourth-order valence-electron chi connectivity index (χ4n) is 3.33. The molecule has 3 aromatic heterocycles. The number of fused-ring (bicyclic) bond motifs is 1. The molecule has 3 heterocycles. The van der Waals surface area contributed by atoms with Gasteiger partial charge in [0.15, 0.2) is 11.5 Å². The van der Waals surface area contributed by atoms with Gasteiger partial charge in [-0.3, -0.25) is 4.79 Å². The van der Waals surface area contributed by atoms with Crippen molar-refractivity contribution < 1.29 is 9.32 Å². The lowest BCUT2D eigenvalue weighted by molar-refractivity contribution is -0.115. The number of amides is 1. The first kappa shape index (κ1) is 22.3. The molecule has 32 heavy (non-hydrogen) atoms. The predicted molar refractivity (Wildman–Crippen MR) is 125 cm³/mol. The highest BCUT2D eigenvalue weighted by Gasteiger charge is 2.23. The summed E-state index contributed by atoms with van der Waals surface area (Å²) in [6, 6.07) is 9.07. The predicted octanol–water partition coefficient (Wildman–Crippen LogP) is 5.53. The van der Waals surface area contributed by atoms with E-state index in [1.165, 1.54) is 24.4 Å². The number of hydrogen-bond donors (Lipinski definition) is 1. The van der Waals surface area contributed by atoms with Crippen molar-refractivity contribution in [3.05, 3.63) is 54.1 Å². The van der Waals surface area contributed by atoms with Crippen molar-refractivity contribution in [3.63, 3.8) is 0 Å². The molecule has 4 aromatic rings. The third-order valence-electron chi connectivity index (χ3n) is 4.97. The maximum absolute atomic E-state index is 13.0. The molecule has 0 aliphatic carbocycles. The van der Waals surface area contributed by atoms with Crippen molar-refractivity contribution in [2.45, 2.75) is 49.3 Å². The second kappa shape index (κ2) is 10.6. The summed E-state index contributed by atoms with van der Waals surface area (Å²) in [4.78, 5) is 21.9. The van der Waals surface area contributed by atoms with E-state index >= 15 is 0 Å². The van der Waals surface area contributed by atoms with Crippen LogP contribution in [0.25, 0.3) is 16.7 Å². The number of hydrogen-bond acceptors (Lipinski definition) is 7. The smallest absolute Gasteiger partial charge is 0.239 e. The lowest BCUT2D eigenvalue weighted by atomic mass is 10.1. The van der Waals surface area contributed by atoms with E-state index in [0.717, 1.165) is 43.2 Å². The first-order valence-electron chi connectivity index (χ1n) is 10.5.